The highest BCUT2D eigenvalue weighted by Crippen LogP contribution is 2.36. The van der Waals surface area contributed by atoms with Gasteiger partial charge in [-0.15, -0.1) is 0 Å². The zero-order valence-electron chi connectivity index (χ0n) is 15.3. The van der Waals surface area contributed by atoms with Crippen molar-refractivity contribution < 1.29 is 9.18 Å². The zero-order valence-corrected chi connectivity index (χ0v) is 16.1. The number of nitrogens with zero attached hydrogens (tertiary/aromatic N) is 2. The van der Waals surface area contributed by atoms with Gasteiger partial charge in [0.25, 0.3) is 0 Å². The topological polar surface area (TPSA) is 46.9 Å². The number of carbonyl (C=O) groups excluding carboxylic acids is 1. The van der Waals surface area contributed by atoms with Gasteiger partial charge in [-0.3, -0.25) is 4.79 Å². The summed E-state index contributed by atoms with van der Waals surface area (Å²) in [4.78, 5) is 12.6. The summed E-state index contributed by atoms with van der Waals surface area (Å²) in [7, 11) is 0. The van der Waals surface area contributed by atoms with Crippen LogP contribution in [0.1, 0.15) is 27.9 Å². The van der Waals surface area contributed by atoms with Crippen LogP contribution in [0.4, 0.5) is 10.2 Å². The molecule has 0 bridgehead atoms. The van der Waals surface area contributed by atoms with Crippen molar-refractivity contribution in [2.24, 2.45) is 0 Å². The molecule has 0 fully saturated rings. The Hall–Kier alpha value is -2.60. The quantitative estimate of drug-likeness (QED) is 0.721. The second-order valence-electron chi connectivity index (χ2n) is 6.82. The SMILES string of the molecule is Cc1ccc(-n2nc3c(c2NC(=O)Cc2ccc(F)cc2)CSC3)c(C)c1. The number of carbonyl (C=O) groups is 1. The lowest BCUT2D eigenvalue weighted by molar-refractivity contribution is -0.115. The molecule has 2 heterocycles. The van der Waals surface area contributed by atoms with Crippen LogP contribution in [-0.4, -0.2) is 15.7 Å². The molecule has 4 nitrogen and oxygen atoms in total. The fourth-order valence-corrected chi connectivity index (χ4v) is 4.36. The molecule has 27 heavy (non-hydrogen) atoms. The molecule has 138 valence electrons. The fraction of sp³-hybridized carbons (Fsp3) is 0.238. The number of fused-ring (bicyclic) bond motifs is 1. The Bertz CT molecular complexity index is 1010. The van der Waals surface area contributed by atoms with Gasteiger partial charge in [-0.25, -0.2) is 9.07 Å². The van der Waals surface area contributed by atoms with Crippen LogP contribution < -0.4 is 5.32 Å². The van der Waals surface area contributed by atoms with Crippen LogP contribution in [0.15, 0.2) is 42.5 Å². The molecule has 4 rings (SSSR count). The summed E-state index contributed by atoms with van der Waals surface area (Å²) < 4.78 is 14.9. The van der Waals surface area contributed by atoms with E-state index in [1.54, 1.807) is 23.9 Å². The molecule has 0 unspecified atom stereocenters. The first-order chi connectivity index (χ1) is 13.0. The lowest BCUT2D eigenvalue weighted by Gasteiger charge is -2.13. The number of hydrogen-bond donors (Lipinski definition) is 1. The average Bonchev–Trinajstić information content (AvgIpc) is 3.20. The van der Waals surface area contributed by atoms with Crippen molar-refractivity contribution in [1.29, 1.82) is 0 Å². The largest absolute Gasteiger partial charge is 0.310 e. The Balaban J connectivity index is 1.65. The molecule has 0 atom stereocenters. The van der Waals surface area contributed by atoms with Crippen LogP contribution >= 0.6 is 11.8 Å². The third kappa shape index (κ3) is 3.62. The number of halogens is 1. The van der Waals surface area contributed by atoms with Crippen LogP contribution in [0.5, 0.6) is 0 Å². The molecular weight excluding hydrogens is 361 g/mol. The number of benzene rings is 2. The number of aromatic nitrogens is 2. The Labute approximate surface area is 161 Å². The standard InChI is InChI=1S/C21H20FN3OS/c1-13-3-8-19(14(2)9-13)25-21(17-11-27-12-18(17)24-25)23-20(26)10-15-4-6-16(22)7-5-15/h3-9H,10-12H2,1-2H3,(H,23,26). The van der Waals surface area contributed by atoms with Gasteiger partial charge < -0.3 is 5.32 Å². The van der Waals surface area contributed by atoms with Crippen molar-refractivity contribution in [3.05, 3.63) is 76.2 Å². The summed E-state index contributed by atoms with van der Waals surface area (Å²) in [5.41, 5.74) is 6.16. The smallest absolute Gasteiger partial charge is 0.229 e. The van der Waals surface area contributed by atoms with Crippen LogP contribution in [0, 0.1) is 19.7 Å². The minimum Gasteiger partial charge on any atom is -0.310 e. The molecule has 1 aliphatic heterocycles. The number of thioether (sulfide) groups is 1. The highest BCUT2D eigenvalue weighted by Gasteiger charge is 2.25. The van der Waals surface area contributed by atoms with Crippen LogP contribution in [0.25, 0.3) is 5.69 Å². The molecule has 2 aromatic carbocycles. The fourth-order valence-electron chi connectivity index (χ4n) is 3.32. The van der Waals surface area contributed by atoms with Crippen molar-refractivity contribution >= 4 is 23.5 Å². The molecular formula is C21H20FN3OS. The number of hydrogen-bond acceptors (Lipinski definition) is 3. The summed E-state index contributed by atoms with van der Waals surface area (Å²) in [5, 5.41) is 7.80. The third-order valence-electron chi connectivity index (χ3n) is 4.67. The maximum Gasteiger partial charge on any atom is 0.229 e. The Morgan fingerprint density at radius 2 is 1.96 bits per heavy atom. The first-order valence-corrected chi connectivity index (χ1v) is 9.97. The van der Waals surface area contributed by atoms with Crippen molar-refractivity contribution in [2.45, 2.75) is 31.8 Å². The van der Waals surface area contributed by atoms with E-state index in [4.69, 9.17) is 5.10 Å². The van der Waals surface area contributed by atoms with E-state index < -0.39 is 0 Å². The minimum atomic E-state index is -0.304. The van der Waals surface area contributed by atoms with Gasteiger partial charge in [-0.05, 0) is 43.2 Å². The predicted octanol–water partition coefficient (Wildman–Crippen LogP) is 4.56. The Morgan fingerprint density at radius 1 is 1.19 bits per heavy atom. The van der Waals surface area contributed by atoms with Gasteiger partial charge in [-0.2, -0.15) is 16.9 Å². The van der Waals surface area contributed by atoms with E-state index in [0.29, 0.717) is 0 Å². The lowest BCUT2D eigenvalue weighted by Crippen LogP contribution is -2.18. The second-order valence-corrected chi connectivity index (χ2v) is 7.81. The van der Waals surface area contributed by atoms with Crippen LogP contribution in [0.3, 0.4) is 0 Å². The monoisotopic (exact) mass is 381 g/mol. The normalized spacial score (nSPS) is 12.9. The van der Waals surface area contributed by atoms with Gasteiger partial charge in [-0.1, -0.05) is 29.8 Å². The number of nitrogens with one attached hydrogen (secondary N) is 1. The summed E-state index contributed by atoms with van der Waals surface area (Å²) in [6.45, 7) is 4.11. The van der Waals surface area contributed by atoms with Gasteiger partial charge in [0.15, 0.2) is 0 Å². The van der Waals surface area contributed by atoms with E-state index in [1.807, 2.05) is 23.7 Å². The van der Waals surface area contributed by atoms with E-state index in [1.165, 1.54) is 17.7 Å². The van der Waals surface area contributed by atoms with Crippen molar-refractivity contribution in [3.8, 4) is 5.69 Å². The molecule has 0 aliphatic carbocycles. The van der Waals surface area contributed by atoms with Crippen LogP contribution in [-0.2, 0) is 22.7 Å². The zero-order chi connectivity index (χ0) is 19.0. The molecule has 3 aromatic rings. The summed E-state index contributed by atoms with van der Waals surface area (Å²) in [6.07, 6.45) is 0.195. The number of anilines is 1. The number of aryl methyl sites for hydroxylation is 2. The third-order valence-corrected chi connectivity index (χ3v) is 5.64. The van der Waals surface area contributed by atoms with Gasteiger partial charge in [0.2, 0.25) is 5.91 Å². The van der Waals surface area contributed by atoms with E-state index in [9.17, 15) is 9.18 Å². The molecule has 1 N–H and O–H groups in total. The predicted molar refractivity (Wildman–Crippen MR) is 107 cm³/mol. The molecule has 1 aromatic heterocycles. The van der Waals surface area contributed by atoms with Gasteiger partial charge >= 0.3 is 0 Å². The van der Waals surface area contributed by atoms with Gasteiger partial charge in [0.1, 0.15) is 11.6 Å². The van der Waals surface area contributed by atoms with Gasteiger partial charge in [0, 0.05) is 17.1 Å². The average molecular weight is 381 g/mol. The molecule has 0 saturated carbocycles. The number of rotatable bonds is 4. The molecule has 1 aliphatic rings. The highest BCUT2D eigenvalue weighted by atomic mass is 32.2. The number of amides is 1. The van der Waals surface area contributed by atoms with Crippen molar-refractivity contribution in [2.75, 3.05) is 5.32 Å². The van der Waals surface area contributed by atoms with Crippen molar-refractivity contribution in [1.82, 2.24) is 9.78 Å². The molecule has 6 heteroatoms. The first-order valence-electron chi connectivity index (χ1n) is 8.81. The van der Waals surface area contributed by atoms with E-state index in [-0.39, 0.29) is 18.1 Å². The minimum absolute atomic E-state index is 0.132. The van der Waals surface area contributed by atoms with Crippen LogP contribution in [0.2, 0.25) is 0 Å². The van der Waals surface area contributed by atoms with E-state index in [0.717, 1.165) is 45.4 Å². The molecule has 1 amide bonds. The second kappa shape index (κ2) is 7.19. The summed E-state index contributed by atoms with van der Waals surface area (Å²) in [6, 6.07) is 12.2. The highest BCUT2D eigenvalue weighted by molar-refractivity contribution is 7.98. The molecule has 0 saturated heterocycles. The Kier molecular flexibility index (Phi) is 4.74. The molecule has 0 radical (unpaired) electrons. The lowest BCUT2D eigenvalue weighted by atomic mass is 10.1. The van der Waals surface area contributed by atoms with Crippen molar-refractivity contribution in [3.63, 3.8) is 0 Å². The molecule has 0 spiro atoms. The maximum atomic E-state index is 13.1. The van der Waals surface area contributed by atoms with E-state index >= 15 is 0 Å². The Morgan fingerprint density at radius 3 is 2.70 bits per heavy atom. The van der Waals surface area contributed by atoms with E-state index in [2.05, 4.69) is 18.3 Å². The summed E-state index contributed by atoms with van der Waals surface area (Å²) >= 11 is 1.80. The maximum absolute atomic E-state index is 13.1. The summed E-state index contributed by atoms with van der Waals surface area (Å²) in [5.74, 6) is 2.00. The van der Waals surface area contributed by atoms with Gasteiger partial charge in [0.05, 0.1) is 17.8 Å². The first kappa shape index (κ1) is 17.8.